The number of carbonyl (C=O) groups is 2. The zero-order valence-electron chi connectivity index (χ0n) is 9.58. The van der Waals surface area contributed by atoms with E-state index < -0.39 is 23.7 Å². The minimum absolute atomic E-state index is 0.0316. The number of rotatable bonds is 3. The first-order chi connectivity index (χ1) is 8.25. The molecule has 18 heavy (non-hydrogen) atoms. The van der Waals surface area contributed by atoms with Crippen LogP contribution in [-0.4, -0.2) is 35.0 Å². The first-order valence-electron chi connectivity index (χ1n) is 4.90. The Morgan fingerprint density at radius 1 is 1.33 bits per heavy atom. The summed E-state index contributed by atoms with van der Waals surface area (Å²) in [4.78, 5) is 23.7. The van der Waals surface area contributed by atoms with E-state index in [4.69, 9.17) is 28.3 Å². The molecule has 0 spiro atoms. The molecule has 1 unspecified atom stereocenters. The first kappa shape index (κ1) is 14.7. The van der Waals surface area contributed by atoms with Crippen molar-refractivity contribution in [2.24, 2.45) is 0 Å². The van der Waals surface area contributed by atoms with Gasteiger partial charge in [0.15, 0.2) is 0 Å². The van der Waals surface area contributed by atoms with Crippen LogP contribution in [0.25, 0.3) is 0 Å². The minimum Gasteiger partial charge on any atom is -0.480 e. The van der Waals surface area contributed by atoms with Gasteiger partial charge in [-0.3, -0.25) is 4.79 Å². The summed E-state index contributed by atoms with van der Waals surface area (Å²) in [6.07, 6.45) is 0. The summed E-state index contributed by atoms with van der Waals surface area (Å²) in [6, 6.07) is 0.940. The Morgan fingerprint density at radius 2 is 1.89 bits per heavy atom. The summed E-state index contributed by atoms with van der Waals surface area (Å²) in [5, 5.41) is 8.56. The largest absolute Gasteiger partial charge is 0.480 e. The molecular formula is C11H10Cl2FNO3. The van der Waals surface area contributed by atoms with Crippen molar-refractivity contribution in [2.45, 2.75) is 13.0 Å². The smallest absolute Gasteiger partial charge is 0.326 e. The van der Waals surface area contributed by atoms with Crippen LogP contribution >= 0.6 is 23.2 Å². The third kappa shape index (κ3) is 2.91. The zero-order chi connectivity index (χ0) is 14.0. The van der Waals surface area contributed by atoms with Crippen molar-refractivity contribution in [2.75, 3.05) is 7.05 Å². The highest BCUT2D eigenvalue weighted by Gasteiger charge is 2.25. The van der Waals surface area contributed by atoms with Gasteiger partial charge >= 0.3 is 5.97 Å². The van der Waals surface area contributed by atoms with Crippen LogP contribution in [0.4, 0.5) is 4.39 Å². The van der Waals surface area contributed by atoms with E-state index >= 15 is 0 Å². The van der Waals surface area contributed by atoms with Crippen LogP contribution in [0.15, 0.2) is 12.1 Å². The number of likely N-dealkylation sites (N-methyl/N-ethyl adjacent to an activating group) is 1. The molecule has 1 rings (SSSR count). The third-order valence-electron chi connectivity index (χ3n) is 2.50. The van der Waals surface area contributed by atoms with Crippen LogP contribution in [0.2, 0.25) is 10.0 Å². The Hall–Kier alpha value is -1.33. The van der Waals surface area contributed by atoms with Gasteiger partial charge in [0, 0.05) is 7.05 Å². The number of carboxylic acid groups (broad SMARTS) is 1. The fraction of sp³-hybridized carbons (Fsp3) is 0.273. The standard InChI is InChI=1S/C11H10Cl2FNO3/c1-5(11(17)18)15(2)10(16)6-3-9(14)8(13)4-7(6)12/h3-5H,1-2H3,(H,17,18). The summed E-state index contributed by atoms with van der Waals surface area (Å²) in [5.74, 6) is -2.65. The highest BCUT2D eigenvalue weighted by molar-refractivity contribution is 6.36. The Kier molecular flexibility index (Phi) is 4.53. The molecule has 0 aliphatic heterocycles. The normalized spacial score (nSPS) is 12.1. The van der Waals surface area contributed by atoms with Crippen LogP contribution in [0.1, 0.15) is 17.3 Å². The maximum atomic E-state index is 13.3. The van der Waals surface area contributed by atoms with E-state index in [1.165, 1.54) is 14.0 Å². The fourth-order valence-electron chi connectivity index (χ4n) is 1.22. The van der Waals surface area contributed by atoms with Crippen LogP contribution in [0.3, 0.4) is 0 Å². The molecule has 1 aromatic carbocycles. The minimum atomic E-state index is -1.17. The molecule has 4 nitrogen and oxygen atoms in total. The lowest BCUT2D eigenvalue weighted by atomic mass is 10.1. The monoisotopic (exact) mass is 293 g/mol. The van der Waals surface area contributed by atoms with Gasteiger partial charge in [-0.1, -0.05) is 23.2 Å². The lowest BCUT2D eigenvalue weighted by Gasteiger charge is -2.22. The van der Waals surface area contributed by atoms with Gasteiger partial charge in [0.25, 0.3) is 5.91 Å². The van der Waals surface area contributed by atoms with Crippen molar-refractivity contribution in [3.8, 4) is 0 Å². The molecule has 1 amide bonds. The molecule has 0 saturated carbocycles. The molecule has 1 atom stereocenters. The molecule has 1 aromatic rings. The van der Waals surface area contributed by atoms with Crippen LogP contribution in [0, 0.1) is 5.82 Å². The Bertz CT molecular complexity index is 507. The Morgan fingerprint density at radius 3 is 2.39 bits per heavy atom. The van der Waals surface area contributed by atoms with Gasteiger partial charge in [-0.2, -0.15) is 0 Å². The number of aliphatic carboxylic acids is 1. The maximum absolute atomic E-state index is 13.3. The molecule has 0 radical (unpaired) electrons. The zero-order valence-corrected chi connectivity index (χ0v) is 11.1. The Labute approximate surface area is 113 Å². The second kappa shape index (κ2) is 5.54. The average molecular weight is 294 g/mol. The SMILES string of the molecule is CC(C(=O)O)N(C)C(=O)c1cc(F)c(Cl)cc1Cl. The van der Waals surface area contributed by atoms with E-state index in [1.807, 2.05) is 0 Å². The highest BCUT2D eigenvalue weighted by atomic mass is 35.5. The van der Waals surface area contributed by atoms with Crippen molar-refractivity contribution in [1.29, 1.82) is 0 Å². The predicted molar refractivity (Wildman–Crippen MR) is 65.6 cm³/mol. The second-order valence-corrected chi connectivity index (χ2v) is 4.49. The second-order valence-electron chi connectivity index (χ2n) is 3.68. The number of benzene rings is 1. The van der Waals surface area contributed by atoms with Gasteiger partial charge in [-0.05, 0) is 19.1 Å². The fourth-order valence-corrected chi connectivity index (χ4v) is 1.68. The van der Waals surface area contributed by atoms with Crippen molar-refractivity contribution in [3.63, 3.8) is 0 Å². The number of carboxylic acids is 1. The van der Waals surface area contributed by atoms with Gasteiger partial charge < -0.3 is 10.0 Å². The van der Waals surface area contributed by atoms with Gasteiger partial charge in [0.1, 0.15) is 11.9 Å². The van der Waals surface area contributed by atoms with E-state index in [2.05, 4.69) is 0 Å². The molecule has 1 N–H and O–H groups in total. The summed E-state index contributed by atoms with van der Waals surface area (Å²) >= 11 is 11.3. The summed E-state index contributed by atoms with van der Waals surface area (Å²) in [6.45, 7) is 1.33. The molecule has 0 aliphatic carbocycles. The quantitative estimate of drug-likeness (QED) is 0.872. The highest BCUT2D eigenvalue weighted by Crippen LogP contribution is 2.25. The number of nitrogens with zero attached hydrogens (tertiary/aromatic N) is 1. The number of hydrogen-bond donors (Lipinski definition) is 1. The van der Waals surface area contributed by atoms with E-state index in [9.17, 15) is 14.0 Å². The molecule has 0 heterocycles. The predicted octanol–water partition coefficient (Wildman–Crippen LogP) is 2.68. The lowest BCUT2D eigenvalue weighted by Crippen LogP contribution is -2.40. The maximum Gasteiger partial charge on any atom is 0.326 e. The van der Waals surface area contributed by atoms with Gasteiger partial charge in [-0.15, -0.1) is 0 Å². The molecule has 0 fully saturated rings. The summed E-state index contributed by atoms with van der Waals surface area (Å²) in [5.41, 5.74) is -0.130. The molecule has 98 valence electrons. The van der Waals surface area contributed by atoms with E-state index in [-0.39, 0.29) is 15.6 Å². The van der Waals surface area contributed by atoms with Gasteiger partial charge in [0.2, 0.25) is 0 Å². The van der Waals surface area contributed by atoms with Crippen LogP contribution in [0.5, 0.6) is 0 Å². The van der Waals surface area contributed by atoms with Crippen molar-refractivity contribution >= 4 is 35.1 Å². The lowest BCUT2D eigenvalue weighted by molar-refractivity contribution is -0.141. The van der Waals surface area contributed by atoms with Crippen molar-refractivity contribution in [3.05, 3.63) is 33.6 Å². The molecule has 7 heteroatoms. The van der Waals surface area contributed by atoms with Crippen molar-refractivity contribution < 1.29 is 19.1 Å². The molecule has 0 bridgehead atoms. The molecule has 0 saturated heterocycles. The number of hydrogen-bond acceptors (Lipinski definition) is 2. The van der Waals surface area contributed by atoms with Crippen molar-refractivity contribution in [1.82, 2.24) is 4.90 Å². The summed E-state index contributed by atoms with van der Waals surface area (Å²) in [7, 11) is 1.30. The van der Waals surface area contributed by atoms with E-state index in [0.29, 0.717) is 0 Å². The average Bonchev–Trinajstić information content (AvgIpc) is 2.30. The summed E-state index contributed by atoms with van der Waals surface area (Å²) < 4.78 is 13.3. The molecule has 0 aromatic heterocycles. The van der Waals surface area contributed by atoms with Gasteiger partial charge in [0.05, 0.1) is 15.6 Å². The Balaban J connectivity index is 3.11. The topological polar surface area (TPSA) is 57.6 Å². The van der Waals surface area contributed by atoms with Gasteiger partial charge in [-0.25, -0.2) is 9.18 Å². The van der Waals surface area contributed by atoms with Crippen LogP contribution < -0.4 is 0 Å². The number of carbonyl (C=O) groups excluding carboxylic acids is 1. The molecule has 0 aliphatic rings. The van der Waals surface area contributed by atoms with E-state index in [1.54, 1.807) is 0 Å². The number of amides is 1. The molecular weight excluding hydrogens is 284 g/mol. The number of halogens is 3. The first-order valence-corrected chi connectivity index (χ1v) is 5.65. The third-order valence-corrected chi connectivity index (χ3v) is 3.10. The van der Waals surface area contributed by atoms with E-state index in [0.717, 1.165) is 17.0 Å². The van der Waals surface area contributed by atoms with Crippen LogP contribution in [-0.2, 0) is 4.79 Å².